The van der Waals surface area contributed by atoms with E-state index >= 15 is 4.39 Å². The molecule has 2 unspecified atom stereocenters. The van der Waals surface area contributed by atoms with E-state index in [2.05, 4.69) is 53.4 Å². The molecule has 0 radical (unpaired) electrons. The van der Waals surface area contributed by atoms with Crippen LogP contribution in [0.15, 0.2) is 66.7 Å². The van der Waals surface area contributed by atoms with Crippen molar-refractivity contribution in [2.75, 3.05) is 27.3 Å². The number of fused-ring (bicyclic) bond motifs is 1. The first kappa shape index (κ1) is 26.4. The molecule has 1 aliphatic carbocycles. The molecule has 0 bridgehead atoms. The molecule has 0 saturated carbocycles. The molecule has 38 heavy (non-hydrogen) atoms. The van der Waals surface area contributed by atoms with Gasteiger partial charge >= 0.3 is 0 Å². The summed E-state index contributed by atoms with van der Waals surface area (Å²) >= 11 is 0. The van der Waals surface area contributed by atoms with Crippen LogP contribution >= 0.6 is 0 Å². The maximum atomic E-state index is 16.5. The number of hydrogen-bond donors (Lipinski definition) is 0. The molecule has 2 aliphatic rings. The van der Waals surface area contributed by atoms with E-state index in [4.69, 9.17) is 9.47 Å². The zero-order valence-electron chi connectivity index (χ0n) is 22.5. The van der Waals surface area contributed by atoms with Gasteiger partial charge in [0.05, 0.1) is 14.2 Å². The lowest BCUT2D eigenvalue weighted by molar-refractivity contribution is 0.0696. The summed E-state index contributed by atoms with van der Waals surface area (Å²) in [7, 11) is 3.16. The number of ketones is 1. The molecule has 3 aromatic rings. The lowest BCUT2D eigenvalue weighted by atomic mass is 9.83. The van der Waals surface area contributed by atoms with Crippen LogP contribution in [0.25, 0.3) is 11.1 Å². The summed E-state index contributed by atoms with van der Waals surface area (Å²) < 4.78 is 27.3. The maximum Gasteiger partial charge on any atom is 0.166 e. The third-order valence-electron chi connectivity index (χ3n) is 8.27. The standard InChI is InChI=1S/C33H38FNO3/c1-37-30-20-27-19-28(32(36)29(27)21-31(30)38-2)22-33(34)15-7-4-8-17-35(18-16-33)23-24-11-13-26(14-12-24)25-9-5-3-6-10-25/h3,5-6,9-14,20-21,28H,4,7-8,15-19,22-23H2,1-2H3. The number of carbonyl (C=O) groups is 1. The predicted molar refractivity (Wildman–Crippen MR) is 150 cm³/mol. The Morgan fingerprint density at radius 1 is 0.868 bits per heavy atom. The second-order valence-electron chi connectivity index (χ2n) is 10.9. The largest absolute Gasteiger partial charge is 0.493 e. The zero-order valence-corrected chi connectivity index (χ0v) is 22.5. The van der Waals surface area contributed by atoms with Gasteiger partial charge in [0.1, 0.15) is 5.67 Å². The first-order valence-electron chi connectivity index (χ1n) is 13.8. The summed E-state index contributed by atoms with van der Waals surface area (Å²) in [6, 6.07) is 22.8. The average Bonchev–Trinajstić information content (AvgIpc) is 3.28. The smallest absolute Gasteiger partial charge is 0.166 e. The van der Waals surface area contributed by atoms with Crippen LogP contribution in [0.4, 0.5) is 4.39 Å². The topological polar surface area (TPSA) is 38.8 Å². The van der Waals surface area contributed by atoms with Crippen LogP contribution in [0, 0.1) is 5.92 Å². The fourth-order valence-electron chi connectivity index (χ4n) is 6.11. The Kier molecular flexibility index (Phi) is 8.13. The van der Waals surface area contributed by atoms with E-state index in [1.807, 2.05) is 12.1 Å². The maximum absolute atomic E-state index is 16.5. The highest BCUT2D eigenvalue weighted by molar-refractivity contribution is 6.03. The lowest BCUT2D eigenvalue weighted by Crippen LogP contribution is -2.34. The highest BCUT2D eigenvalue weighted by Gasteiger charge is 2.40. The van der Waals surface area contributed by atoms with Crippen LogP contribution in [0.2, 0.25) is 0 Å². The summed E-state index contributed by atoms with van der Waals surface area (Å²) in [5.74, 6) is 0.870. The summed E-state index contributed by atoms with van der Waals surface area (Å²) in [6.45, 7) is 2.49. The van der Waals surface area contributed by atoms with Crippen molar-refractivity contribution in [1.29, 1.82) is 0 Å². The van der Waals surface area contributed by atoms with Crippen LogP contribution in [0.5, 0.6) is 11.5 Å². The van der Waals surface area contributed by atoms with Gasteiger partial charge in [-0.2, -0.15) is 0 Å². The molecule has 5 heteroatoms. The van der Waals surface area contributed by atoms with Crippen molar-refractivity contribution in [1.82, 2.24) is 4.90 Å². The Balaban J connectivity index is 1.24. The van der Waals surface area contributed by atoms with Crippen LogP contribution in [0.3, 0.4) is 0 Å². The number of Topliss-reactive ketones (excluding diaryl/α,β-unsaturated/α-hetero) is 1. The predicted octanol–water partition coefficient (Wildman–Crippen LogP) is 7.29. The van der Waals surface area contributed by atoms with Gasteiger partial charge in [0.15, 0.2) is 17.3 Å². The van der Waals surface area contributed by atoms with E-state index in [1.165, 1.54) is 16.7 Å². The number of nitrogens with zero attached hydrogens (tertiary/aromatic N) is 1. The average molecular weight is 516 g/mol. The molecule has 0 spiro atoms. The normalized spacial score (nSPS) is 22.3. The molecule has 1 saturated heterocycles. The molecule has 4 nitrogen and oxygen atoms in total. The van der Waals surface area contributed by atoms with E-state index in [0.29, 0.717) is 42.9 Å². The lowest BCUT2D eigenvalue weighted by Gasteiger charge is -2.30. The van der Waals surface area contributed by atoms with Gasteiger partial charge in [-0.15, -0.1) is 0 Å². The van der Waals surface area contributed by atoms with Crippen molar-refractivity contribution in [2.45, 2.75) is 57.2 Å². The molecule has 1 aliphatic heterocycles. The van der Waals surface area contributed by atoms with E-state index in [0.717, 1.165) is 37.9 Å². The summed E-state index contributed by atoms with van der Waals surface area (Å²) in [4.78, 5) is 15.7. The Labute approximate surface area is 225 Å². The second-order valence-corrected chi connectivity index (χ2v) is 10.9. The number of carbonyl (C=O) groups excluding carboxylic acids is 1. The van der Waals surface area contributed by atoms with Crippen molar-refractivity contribution in [3.8, 4) is 22.6 Å². The number of hydrogen-bond acceptors (Lipinski definition) is 4. The first-order valence-corrected chi connectivity index (χ1v) is 13.8. The number of halogens is 1. The van der Waals surface area contributed by atoms with Gasteiger partial charge in [-0.05, 0) is 73.0 Å². The second kappa shape index (κ2) is 11.7. The Morgan fingerprint density at radius 3 is 2.32 bits per heavy atom. The van der Waals surface area contributed by atoms with Crippen molar-refractivity contribution in [2.24, 2.45) is 5.92 Å². The third-order valence-corrected chi connectivity index (χ3v) is 8.27. The van der Waals surface area contributed by atoms with Crippen LogP contribution in [-0.2, 0) is 13.0 Å². The molecule has 2 atom stereocenters. The van der Waals surface area contributed by atoms with Crippen LogP contribution in [-0.4, -0.2) is 43.7 Å². The first-order chi connectivity index (χ1) is 18.5. The molecule has 1 fully saturated rings. The number of benzene rings is 3. The molecule has 0 N–H and O–H groups in total. The van der Waals surface area contributed by atoms with Crippen molar-refractivity contribution in [3.63, 3.8) is 0 Å². The Morgan fingerprint density at radius 2 is 1.58 bits per heavy atom. The van der Waals surface area contributed by atoms with E-state index < -0.39 is 5.67 Å². The number of methoxy groups -OCH3 is 2. The fourth-order valence-corrected chi connectivity index (χ4v) is 6.11. The van der Waals surface area contributed by atoms with Crippen molar-refractivity contribution in [3.05, 3.63) is 83.4 Å². The van der Waals surface area contributed by atoms with E-state index in [-0.39, 0.29) is 18.1 Å². The molecular formula is C33H38FNO3. The van der Waals surface area contributed by atoms with Crippen LogP contribution in [0.1, 0.15) is 60.0 Å². The van der Waals surface area contributed by atoms with Gasteiger partial charge in [0, 0.05) is 24.6 Å². The molecule has 200 valence electrons. The van der Waals surface area contributed by atoms with Gasteiger partial charge < -0.3 is 9.47 Å². The molecule has 0 aromatic heterocycles. The Bertz CT molecular complexity index is 1240. The van der Waals surface area contributed by atoms with Crippen LogP contribution < -0.4 is 9.47 Å². The highest BCUT2D eigenvalue weighted by Crippen LogP contribution is 2.42. The van der Waals surface area contributed by atoms with Gasteiger partial charge in [0.25, 0.3) is 0 Å². The minimum atomic E-state index is -1.34. The van der Waals surface area contributed by atoms with Gasteiger partial charge in [-0.1, -0.05) is 67.4 Å². The molecule has 1 heterocycles. The SMILES string of the molecule is COc1cc2c(cc1OC)C(=O)C(CC1(F)CCCCCN(Cc3ccc(-c4ccccc4)cc3)CC1)C2. The molecule has 0 amide bonds. The summed E-state index contributed by atoms with van der Waals surface area (Å²) in [6.07, 6.45) is 4.79. The summed E-state index contributed by atoms with van der Waals surface area (Å²) in [5, 5.41) is 0. The fraction of sp³-hybridized carbons (Fsp3) is 0.424. The summed E-state index contributed by atoms with van der Waals surface area (Å²) in [5.41, 5.74) is 3.92. The molecule has 3 aromatic carbocycles. The van der Waals surface area contributed by atoms with Gasteiger partial charge in [-0.3, -0.25) is 9.69 Å². The number of ether oxygens (including phenoxy) is 2. The molecule has 5 rings (SSSR count). The zero-order chi connectivity index (χ0) is 26.5. The van der Waals surface area contributed by atoms with E-state index in [1.54, 1.807) is 20.3 Å². The van der Waals surface area contributed by atoms with Crippen molar-refractivity contribution < 1.29 is 18.7 Å². The number of alkyl halides is 1. The van der Waals surface area contributed by atoms with Crippen molar-refractivity contribution >= 4 is 5.78 Å². The monoisotopic (exact) mass is 515 g/mol. The number of rotatable bonds is 7. The quantitative estimate of drug-likeness (QED) is 0.331. The molecular weight excluding hydrogens is 477 g/mol. The minimum Gasteiger partial charge on any atom is -0.493 e. The van der Waals surface area contributed by atoms with E-state index in [9.17, 15) is 4.79 Å². The Hall–Kier alpha value is -3.18. The third kappa shape index (κ3) is 5.94. The minimum absolute atomic E-state index is 0.0354. The highest BCUT2D eigenvalue weighted by atomic mass is 19.1. The van der Waals surface area contributed by atoms with Gasteiger partial charge in [0.2, 0.25) is 0 Å². The van der Waals surface area contributed by atoms with Gasteiger partial charge in [-0.25, -0.2) is 4.39 Å².